The van der Waals surface area contributed by atoms with E-state index in [4.69, 9.17) is 0 Å². The van der Waals surface area contributed by atoms with Crippen LogP contribution in [0.5, 0.6) is 0 Å². The van der Waals surface area contributed by atoms with E-state index in [9.17, 15) is 4.39 Å². The fourth-order valence-corrected chi connectivity index (χ4v) is 6.30. The predicted octanol–water partition coefficient (Wildman–Crippen LogP) is 10.7. The number of fused-ring (bicyclic) bond motifs is 4. The van der Waals surface area contributed by atoms with E-state index in [0.717, 1.165) is 5.56 Å². The van der Waals surface area contributed by atoms with Crippen LogP contribution in [0.3, 0.4) is 0 Å². The van der Waals surface area contributed by atoms with E-state index in [1.54, 1.807) is 12.1 Å². The average Bonchev–Trinajstić information content (AvgIpc) is 3.24. The molecule has 0 spiro atoms. The lowest BCUT2D eigenvalue weighted by Gasteiger charge is -2.22. The Labute approximate surface area is 223 Å². The van der Waals surface area contributed by atoms with Crippen LogP contribution in [0.1, 0.15) is 31.9 Å². The van der Waals surface area contributed by atoms with Gasteiger partial charge in [0.05, 0.1) is 0 Å². The Bertz CT molecular complexity index is 1880. The zero-order valence-corrected chi connectivity index (χ0v) is 22.2. The molecular weight excluding hydrogens is 463 g/mol. The largest absolute Gasteiger partial charge is 0.207 e. The second kappa shape index (κ2) is 8.13. The molecule has 0 bridgehead atoms. The Kier molecular flexibility index (Phi) is 4.91. The van der Waals surface area contributed by atoms with Crippen molar-refractivity contribution < 1.29 is 4.39 Å². The van der Waals surface area contributed by atoms with Crippen LogP contribution in [0, 0.1) is 12.7 Å². The summed E-state index contributed by atoms with van der Waals surface area (Å²) in [6, 6.07) is 36.0. The molecule has 0 atom stereocenters. The van der Waals surface area contributed by atoms with Crippen LogP contribution in [0.25, 0.3) is 66.1 Å². The predicted molar refractivity (Wildman–Crippen MR) is 160 cm³/mol. The highest BCUT2D eigenvalue weighted by molar-refractivity contribution is 6.27. The van der Waals surface area contributed by atoms with E-state index in [1.807, 2.05) is 12.1 Å². The van der Waals surface area contributed by atoms with Crippen molar-refractivity contribution in [2.75, 3.05) is 0 Å². The molecule has 1 heteroatoms. The number of halogens is 1. The standard InChI is InChI=1S/C37H29F/c1-22-12-21-31-34-27(22)10-7-11-30(34)35-33(24-15-19-26(38)20-16-24)29-9-6-5-8-28(29)32(36(31)35)23-13-17-25(18-14-23)37(2,3)4/h5-21H,1-4H3. The molecule has 1 aliphatic rings. The van der Waals surface area contributed by atoms with Crippen molar-refractivity contribution in [2.45, 2.75) is 33.1 Å². The minimum Gasteiger partial charge on any atom is -0.207 e. The maximum Gasteiger partial charge on any atom is 0.123 e. The van der Waals surface area contributed by atoms with Gasteiger partial charge < -0.3 is 0 Å². The summed E-state index contributed by atoms with van der Waals surface area (Å²) in [6.07, 6.45) is 0. The topological polar surface area (TPSA) is 0 Å². The van der Waals surface area contributed by atoms with Crippen molar-refractivity contribution >= 4 is 21.5 Å². The van der Waals surface area contributed by atoms with Crippen LogP contribution in [-0.4, -0.2) is 0 Å². The zero-order chi connectivity index (χ0) is 26.2. The summed E-state index contributed by atoms with van der Waals surface area (Å²) in [6.45, 7) is 8.96. The summed E-state index contributed by atoms with van der Waals surface area (Å²) in [5.74, 6) is -0.216. The lowest BCUT2D eigenvalue weighted by Crippen LogP contribution is -2.10. The van der Waals surface area contributed by atoms with Crippen LogP contribution in [0.2, 0.25) is 0 Å². The summed E-state index contributed by atoms with van der Waals surface area (Å²) < 4.78 is 14.0. The van der Waals surface area contributed by atoms with Gasteiger partial charge in [0.15, 0.2) is 0 Å². The molecule has 0 aromatic heterocycles. The minimum absolute atomic E-state index is 0.0916. The highest BCUT2D eigenvalue weighted by Crippen LogP contribution is 2.57. The SMILES string of the molecule is Cc1ccc2c3c(cccc13)-c1c-2c(-c2ccc(C(C)(C)C)cc2)c2ccccc2c1-c1ccc(F)cc1. The van der Waals surface area contributed by atoms with Gasteiger partial charge in [0.1, 0.15) is 5.82 Å². The number of hydrogen-bond acceptors (Lipinski definition) is 0. The van der Waals surface area contributed by atoms with Crippen LogP contribution >= 0.6 is 0 Å². The van der Waals surface area contributed by atoms with Gasteiger partial charge in [0, 0.05) is 0 Å². The second-order valence-corrected chi connectivity index (χ2v) is 11.5. The molecule has 0 unspecified atom stereocenters. The summed E-state index contributed by atoms with van der Waals surface area (Å²) >= 11 is 0. The number of hydrogen-bond donors (Lipinski definition) is 0. The Hall–Kier alpha value is -4.23. The molecule has 0 N–H and O–H groups in total. The lowest BCUT2D eigenvalue weighted by atomic mass is 9.81. The van der Waals surface area contributed by atoms with Gasteiger partial charge >= 0.3 is 0 Å². The summed E-state index contributed by atoms with van der Waals surface area (Å²) in [4.78, 5) is 0. The van der Waals surface area contributed by atoms with Gasteiger partial charge in [-0.05, 0) is 102 Å². The Morgan fingerprint density at radius 3 is 1.61 bits per heavy atom. The van der Waals surface area contributed by atoms with Crippen molar-refractivity contribution in [2.24, 2.45) is 0 Å². The van der Waals surface area contributed by atoms with E-state index in [2.05, 4.69) is 107 Å². The van der Waals surface area contributed by atoms with E-state index >= 15 is 0 Å². The summed E-state index contributed by atoms with van der Waals surface area (Å²) in [7, 11) is 0. The fraction of sp³-hybridized carbons (Fsp3) is 0.135. The maximum absolute atomic E-state index is 14.0. The van der Waals surface area contributed by atoms with Crippen molar-refractivity contribution in [1.82, 2.24) is 0 Å². The molecule has 38 heavy (non-hydrogen) atoms. The van der Waals surface area contributed by atoms with Gasteiger partial charge in [0.2, 0.25) is 0 Å². The number of rotatable bonds is 2. The average molecular weight is 493 g/mol. The maximum atomic E-state index is 14.0. The highest BCUT2D eigenvalue weighted by Gasteiger charge is 2.30. The highest BCUT2D eigenvalue weighted by atomic mass is 19.1. The normalized spacial score (nSPS) is 12.3. The first kappa shape index (κ1) is 22.9. The second-order valence-electron chi connectivity index (χ2n) is 11.5. The van der Waals surface area contributed by atoms with Gasteiger partial charge in [-0.25, -0.2) is 4.39 Å². The smallest absolute Gasteiger partial charge is 0.123 e. The molecule has 0 saturated heterocycles. The van der Waals surface area contributed by atoms with Gasteiger partial charge in [-0.15, -0.1) is 0 Å². The molecule has 0 radical (unpaired) electrons. The summed E-state index contributed by atoms with van der Waals surface area (Å²) in [5, 5.41) is 5.01. The van der Waals surface area contributed by atoms with E-state index < -0.39 is 0 Å². The van der Waals surface area contributed by atoms with Crippen molar-refractivity contribution in [3.05, 3.63) is 120 Å². The van der Waals surface area contributed by atoms with E-state index in [0.29, 0.717) is 0 Å². The monoisotopic (exact) mass is 492 g/mol. The lowest BCUT2D eigenvalue weighted by molar-refractivity contribution is 0.590. The van der Waals surface area contributed by atoms with Gasteiger partial charge in [-0.2, -0.15) is 0 Å². The van der Waals surface area contributed by atoms with Gasteiger partial charge in [-0.3, -0.25) is 0 Å². The fourth-order valence-electron chi connectivity index (χ4n) is 6.30. The molecule has 0 saturated carbocycles. The Morgan fingerprint density at radius 2 is 1.03 bits per heavy atom. The van der Waals surface area contributed by atoms with E-state index in [1.165, 1.54) is 71.6 Å². The van der Waals surface area contributed by atoms with Gasteiger partial charge in [0.25, 0.3) is 0 Å². The summed E-state index contributed by atoms with van der Waals surface area (Å²) in [5.41, 5.74) is 12.5. The molecule has 6 aromatic rings. The molecule has 184 valence electrons. The van der Waals surface area contributed by atoms with Crippen molar-refractivity contribution in [1.29, 1.82) is 0 Å². The zero-order valence-electron chi connectivity index (χ0n) is 22.2. The third kappa shape index (κ3) is 3.28. The first-order valence-electron chi connectivity index (χ1n) is 13.3. The Morgan fingerprint density at radius 1 is 0.500 bits per heavy atom. The van der Waals surface area contributed by atoms with Crippen LogP contribution in [-0.2, 0) is 5.41 Å². The first-order chi connectivity index (χ1) is 18.3. The molecule has 0 heterocycles. The molecular formula is C37H29F. The van der Waals surface area contributed by atoms with Gasteiger partial charge in [-0.1, -0.05) is 112 Å². The third-order valence-corrected chi connectivity index (χ3v) is 8.19. The molecule has 0 aliphatic heterocycles. The van der Waals surface area contributed by atoms with Crippen LogP contribution in [0.4, 0.5) is 4.39 Å². The molecule has 7 rings (SSSR count). The molecule has 1 aliphatic carbocycles. The number of benzene rings is 6. The van der Waals surface area contributed by atoms with Crippen molar-refractivity contribution in [3.63, 3.8) is 0 Å². The van der Waals surface area contributed by atoms with Crippen LogP contribution < -0.4 is 0 Å². The molecule has 6 aromatic carbocycles. The first-order valence-corrected chi connectivity index (χ1v) is 13.3. The van der Waals surface area contributed by atoms with Crippen molar-refractivity contribution in [3.8, 4) is 44.5 Å². The third-order valence-electron chi connectivity index (χ3n) is 8.19. The quantitative estimate of drug-likeness (QED) is 0.225. The molecule has 0 fully saturated rings. The molecule has 0 amide bonds. The van der Waals surface area contributed by atoms with E-state index in [-0.39, 0.29) is 11.2 Å². The number of aryl methyl sites for hydroxylation is 1. The molecule has 0 nitrogen and oxygen atoms in total. The minimum atomic E-state index is -0.216. The van der Waals surface area contributed by atoms with Crippen LogP contribution in [0.15, 0.2) is 103 Å². The Balaban J connectivity index is 1.67.